The van der Waals surface area contributed by atoms with Crippen LogP contribution in [0.2, 0.25) is 0 Å². The van der Waals surface area contributed by atoms with Crippen molar-refractivity contribution in [2.45, 2.75) is 58.1 Å². The van der Waals surface area contributed by atoms with Gasteiger partial charge in [-0.2, -0.15) is 0 Å². The Morgan fingerprint density at radius 2 is 2.03 bits per heavy atom. The molecule has 0 bridgehead atoms. The van der Waals surface area contributed by atoms with Crippen LogP contribution in [0, 0.1) is 23.7 Å². The topological polar surface area (TPSA) is 86.2 Å². The van der Waals surface area contributed by atoms with E-state index in [1.54, 1.807) is 29.1 Å². The molecule has 1 N–H and O–H groups in total. The van der Waals surface area contributed by atoms with Gasteiger partial charge in [-0.05, 0) is 45.8 Å². The van der Waals surface area contributed by atoms with Crippen molar-refractivity contribution >= 4 is 11.8 Å². The Labute approximate surface area is 209 Å². The van der Waals surface area contributed by atoms with Gasteiger partial charge in [-0.15, -0.1) is 0 Å². The van der Waals surface area contributed by atoms with Gasteiger partial charge in [0, 0.05) is 37.7 Å². The van der Waals surface area contributed by atoms with Crippen LogP contribution in [0.5, 0.6) is 5.88 Å². The first-order valence-electron chi connectivity index (χ1n) is 12.7. The summed E-state index contributed by atoms with van der Waals surface area (Å²) in [6.07, 6.45) is 7.20. The van der Waals surface area contributed by atoms with Crippen molar-refractivity contribution in [2.75, 3.05) is 47.4 Å². The summed E-state index contributed by atoms with van der Waals surface area (Å²) in [5.41, 5.74) is 1.02. The maximum absolute atomic E-state index is 13.5. The van der Waals surface area contributed by atoms with Gasteiger partial charge in [0.25, 0.3) is 5.91 Å². The summed E-state index contributed by atoms with van der Waals surface area (Å²) in [6, 6.07) is 1.39. The minimum absolute atomic E-state index is 0.00872. The summed E-state index contributed by atoms with van der Waals surface area (Å²) in [4.78, 5) is 35.7. The van der Waals surface area contributed by atoms with Crippen molar-refractivity contribution in [1.82, 2.24) is 19.7 Å². The van der Waals surface area contributed by atoms with Crippen molar-refractivity contribution < 1.29 is 19.4 Å². The Morgan fingerprint density at radius 3 is 2.69 bits per heavy atom. The third-order valence-electron chi connectivity index (χ3n) is 6.95. The number of aliphatic hydroxyl groups excluding tert-OH is 1. The lowest BCUT2D eigenvalue weighted by Crippen LogP contribution is -2.51. The number of fused-ring (bicyclic) bond motifs is 1. The van der Waals surface area contributed by atoms with Gasteiger partial charge in [-0.1, -0.05) is 31.6 Å². The van der Waals surface area contributed by atoms with Crippen LogP contribution in [-0.4, -0.2) is 96.1 Å². The summed E-state index contributed by atoms with van der Waals surface area (Å²) >= 11 is 0. The minimum atomic E-state index is -0.363. The normalized spacial score (nSPS) is 21.5. The standard InChI is InChI=1S/C27H40N4O4/c1-19-15-31(20(2)18-32)27(34)23-13-22(12-8-11-21-9-6-7-10-21)14-28-26(23)35-24(19)16-30(5)25(33)17-29(3)4/h13-14,19-21,24,32H,6-7,9-11,15-18H2,1-5H3/t19-,20+,24+/m1/s1. The number of aromatic nitrogens is 1. The lowest BCUT2D eigenvalue weighted by Gasteiger charge is -2.37. The van der Waals surface area contributed by atoms with Crippen LogP contribution in [0.25, 0.3) is 0 Å². The van der Waals surface area contributed by atoms with E-state index in [2.05, 4.69) is 16.8 Å². The average molecular weight is 485 g/mol. The minimum Gasteiger partial charge on any atom is -0.472 e. The number of likely N-dealkylation sites (N-methyl/N-ethyl adjacent to an activating group) is 2. The van der Waals surface area contributed by atoms with Gasteiger partial charge >= 0.3 is 0 Å². The maximum Gasteiger partial charge on any atom is 0.259 e. The lowest BCUT2D eigenvalue weighted by atomic mass is 9.99. The van der Waals surface area contributed by atoms with Crippen LogP contribution in [0.15, 0.2) is 12.3 Å². The van der Waals surface area contributed by atoms with Gasteiger partial charge in [0.1, 0.15) is 11.7 Å². The molecular weight excluding hydrogens is 444 g/mol. The van der Waals surface area contributed by atoms with Crippen LogP contribution < -0.4 is 4.74 Å². The quantitative estimate of drug-likeness (QED) is 0.598. The van der Waals surface area contributed by atoms with E-state index in [0.717, 1.165) is 6.42 Å². The van der Waals surface area contributed by atoms with Gasteiger partial charge in [-0.3, -0.25) is 9.59 Å². The van der Waals surface area contributed by atoms with Crippen molar-refractivity contribution in [3.05, 3.63) is 23.4 Å². The monoisotopic (exact) mass is 484 g/mol. The molecule has 0 unspecified atom stereocenters. The predicted molar refractivity (Wildman–Crippen MR) is 135 cm³/mol. The molecule has 1 saturated carbocycles. The van der Waals surface area contributed by atoms with Crippen LogP contribution in [0.4, 0.5) is 0 Å². The maximum atomic E-state index is 13.5. The third-order valence-corrected chi connectivity index (χ3v) is 6.95. The summed E-state index contributed by atoms with van der Waals surface area (Å²) in [5.74, 6) is 7.04. The summed E-state index contributed by atoms with van der Waals surface area (Å²) in [5, 5.41) is 9.82. The zero-order valence-corrected chi connectivity index (χ0v) is 21.8. The molecule has 2 heterocycles. The molecule has 2 aliphatic rings. The van der Waals surface area contributed by atoms with Crippen molar-refractivity contribution in [3.63, 3.8) is 0 Å². The SMILES string of the molecule is C[C@@H]1CN([C@@H](C)CO)C(=O)c2cc(C#CCC3CCCC3)cnc2O[C@H]1CN(C)C(=O)CN(C)C. The van der Waals surface area contributed by atoms with E-state index in [0.29, 0.717) is 36.7 Å². The van der Waals surface area contributed by atoms with E-state index in [-0.39, 0.29) is 42.4 Å². The number of nitrogens with zero attached hydrogens (tertiary/aromatic N) is 4. The molecule has 0 spiro atoms. The number of pyridine rings is 1. The Kier molecular flexibility index (Phi) is 9.53. The van der Waals surface area contributed by atoms with Gasteiger partial charge < -0.3 is 24.5 Å². The van der Waals surface area contributed by atoms with Crippen LogP contribution >= 0.6 is 0 Å². The molecule has 1 aliphatic heterocycles. The first-order chi connectivity index (χ1) is 16.7. The zero-order valence-electron chi connectivity index (χ0n) is 21.8. The molecule has 192 valence electrons. The molecule has 0 aromatic carbocycles. The number of aliphatic hydroxyl groups is 1. The fourth-order valence-electron chi connectivity index (χ4n) is 4.66. The van der Waals surface area contributed by atoms with Crippen molar-refractivity contribution in [3.8, 4) is 17.7 Å². The summed E-state index contributed by atoms with van der Waals surface area (Å²) in [7, 11) is 5.47. The van der Waals surface area contributed by atoms with Gasteiger partial charge in [0.15, 0.2) is 0 Å². The smallest absolute Gasteiger partial charge is 0.259 e. The molecule has 1 aliphatic carbocycles. The van der Waals surface area contributed by atoms with Gasteiger partial charge in [0.2, 0.25) is 11.8 Å². The van der Waals surface area contributed by atoms with E-state index < -0.39 is 0 Å². The van der Waals surface area contributed by atoms with Gasteiger partial charge in [0.05, 0.1) is 25.7 Å². The molecule has 3 rings (SSSR count). The van der Waals surface area contributed by atoms with E-state index in [1.165, 1.54) is 25.7 Å². The highest BCUT2D eigenvalue weighted by atomic mass is 16.5. The first kappa shape index (κ1) is 27.0. The Morgan fingerprint density at radius 1 is 1.31 bits per heavy atom. The highest BCUT2D eigenvalue weighted by molar-refractivity contribution is 5.97. The molecule has 1 fully saturated rings. The molecule has 8 nitrogen and oxygen atoms in total. The van der Waals surface area contributed by atoms with Crippen molar-refractivity contribution in [1.29, 1.82) is 0 Å². The first-order valence-corrected chi connectivity index (χ1v) is 12.7. The largest absolute Gasteiger partial charge is 0.472 e. The average Bonchev–Trinajstić information content (AvgIpc) is 3.34. The lowest BCUT2D eigenvalue weighted by molar-refractivity contribution is -0.132. The molecule has 1 aromatic rings. The number of amides is 2. The second kappa shape index (κ2) is 12.4. The predicted octanol–water partition coefficient (Wildman–Crippen LogP) is 2.25. The molecular formula is C27H40N4O4. The van der Waals surface area contributed by atoms with Crippen molar-refractivity contribution in [2.24, 2.45) is 11.8 Å². The Balaban J connectivity index is 1.87. The Hall–Kier alpha value is -2.63. The molecule has 1 aromatic heterocycles. The number of rotatable bonds is 7. The fourth-order valence-corrected chi connectivity index (χ4v) is 4.66. The van der Waals surface area contributed by atoms with Crippen LogP contribution in [-0.2, 0) is 4.79 Å². The van der Waals surface area contributed by atoms with E-state index in [4.69, 9.17) is 4.74 Å². The second-order valence-corrected chi connectivity index (χ2v) is 10.4. The zero-order chi connectivity index (χ0) is 25.5. The molecule has 8 heteroatoms. The second-order valence-electron chi connectivity index (χ2n) is 10.4. The van der Waals surface area contributed by atoms with E-state index in [9.17, 15) is 14.7 Å². The summed E-state index contributed by atoms with van der Waals surface area (Å²) < 4.78 is 6.27. The fraction of sp³-hybridized carbons (Fsp3) is 0.667. The molecule has 2 amide bonds. The molecule has 0 radical (unpaired) electrons. The highest BCUT2D eigenvalue weighted by Crippen LogP contribution is 2.28. The van der Waals surface area contributed by atoms with Crippen LogP contribution in [0.3, 0.4) is 0 Å². The molecule has 3 atom stereocenters. The Bertz CT molecular complexity index is 948. The van der Waals surface area contributed by atoms with E-state index in [1.807, 2.05) is 32.8 Å². The third kappa shape index (κ3) is 7.18. The molecule has 0 saturated heterocycles. The van der Waals surface area contributed by atoms with Crippen LogP contribution in [0.1, 0.15) is 61.9 Å². The number of hydrogen-bond donors (Lipinski definition) is 1. The highest BCUT2D eigenvalue weighted by Gasteiger charge is 2.34. The number of carbonyl (C=O) groups is 2. The molecule has 35 heavy (non-hydrogen) atoms. The number of ether oxygens (including phenoxy) is 1. The van der Waals surface area contributed by atoms with Gasteiger partial charge in [-0.25, -0.2) is 4.98 Å². The number of carbonyl (C=O) groups excluding carboxylic acids is 2. The summed E-state index contributed by atoms with van der Waals surface area (Å²) in [6.45, 7) is 4.75. The number of hydrogen-bond acceptors (Lipinski definition) is 6. The van der Waals surface area contributed by atoms with E-state index >= 15 is 0 Å².